The van der Waals surface area contributed by atoms with Crippen LogP contribution in [0.1, 0.15) is 27.2 Å². The van der Waals surface area contributed by atoms with Gasteiger partial charge in [-0.3, -0.25) is 9.48 Å². The zero-order chi connectivity index (χ0) is 12.2. The molecule has 0 fully saturated rings. The summed E-state index contributed by atoms with van der Waals surface area (Å²) >= 11 is 0. The van der Waals surface area contributed by atoms with E-state index in [-0.39, 0.29) is 5.91 Å². The highest BCUT2D eigenvalue weighted by Crippen LogP contribution is 2.22. The molecular formula is C11H16N4O. The van der Waals surface area contributed by atoms with Crippen molar-refractivity contribution in [2.24, 2.45) is 5.41 Å². The maximum absolute atomic E-state index is 11.8. The van der Waals surface area contributed by atoms with Gasteiger partial charge in [-0.25, -0.2) is 0 Å². The third kappa shape index (κ3) is 2.40. The van der Waals surface area contributed by atoms with Crippen LogP contribution in [-0.2, 0) is 11.3 Å². The van der Waals surface area contributed by atoms with Gasteiger partial charge in [0.25, 0.3) is 0 Å². The van der Waals surface area contributed by atoms with E-state index < -0.39 is 5.41 Å². The molecule has 0 spiro atoms. The first-order valence-electron chi connectivity index (χ1n) is 5.31. The van der Waals surface area contributed by atoms with Crippen LogP contribution in [0.2, 0.25) is 0 Å². The zero-order valence-electron chi connectivity index (χ0n) is 9.82. The van der Waals surface area contributed by atoms with Crippen LogP contribution >= 0.6 is 0 Å². The van der Waals surface area contributed by atoms with Crippen LogP contribution in [0, 0.1) is 16.7 Å². The number of aryl methyl sites for hydroxylation is 1. The summed E-state index contributed by atoms with van der Waals surface area (Å²) in [4.78, 5) is 11.8. The van der Waals surface area contributed by atoms with E-state index in [9.17, 15) is 4.79 Å². The maximum Gasteiger partial charge on any atom is 0.244 e. The number of nitriles is 1. The molecule has 0 aliphatic heterocycles. The lowest BCUT2D eigenvalue weighted by atomic mass is 9.88. The van der Waals surface area contributed by atoms with Crippen molar-refractivity contribution < 1.29 is 4.79 Å². The molecule has 1 rings (SSSR count). The Morgan fingerprint density at radius 1 is 1.69 bits per heavy atom. The third-order valence-electron chi connectivity index (χ3n) is 2.67. The molecule has 0 aromatic carbocycles. The molecule has 1 heterocycles. The standard InChI is InChI=1S/C11H16N4O/c1-4-11(3,8-12)10(16)14-9-6-13-15(5-2)7-9/h6-7H,4-5H2,1-3H3,(H,14,16). The van der Waals surface area contributed by atoms with Crippen molar-refractivity contribution in [3.8, 4) is 6.07 Å². The lowest BCUT2D eigenvalue weighted by Gasteiger charge is -2.17. The summed E-state index contributed by atoms with van der Waals surface area (Å²) in [5.41, 5.74) is -0.351. The minimum atomic E-state index is -0.978. The number of anilines is 1. The SMILES string of the molecule is CCn1cc(NC(=O)C(C)(C#N)CC)cn1. The van der Waals surface area contributed by atoms with Gasteiger partial charge in [0.2, 0.25) is 5.91 Å². The summed E-state index contributed by atoms with van der Waals surface area (Å²) in [6, 6.07) is 2.03. The minimum Gasteiger partial charge on any atom is -0.322 e. The van der Waals surface area contributed by atoms with Gasteiger partial charge in [-0.1, -0.05) is 6.92 Å². The Morgan fingerprint density at radius 2 is 2.38 bits per heavy atom. The van der Waals surface area contributed by atoms with Crippen molar-refractivity contribution in [2.75, 3.05) is 5.32 Å². The first-order valence-corrected chi connectivity index (χ1v) is 5.31. The van der Waals surface area contributed by atoms with Crippen LogP contribution < -0.4 is 5.32 Å². The van der Waals surface area contributed by atoms with Crippen LogP contribution in [-0.4, -0.2) is 15.7 Å². The quantitative estimate of drug-likeness (QED) is 0.840. The molecule has 0 saturated heterocycles. The minimum absolute atomic E-state index is 0.284. The number of nitrogens with one attached hydrogen (secondary N) is 1. The normalized spacial score (nSPS) is 13.9. The van der Waals surface area contributed by atoms with Crippen LogP contribution in [0.3, 0.4) is 0 Å². The molecule has 5 heteroatoms. The highest BCUT2D eigenvalue weighted by atomic mass is 16.2. The van der Waals surface area contributed by atoms with Gasteiger partial charge in [0.05, 0.1) is 18.0 Å². The van der Waals surface area contributed by atoms with E-state index in [2.05, 4.69) is 10.4 Å². The van der Waals surface area contributed by atoms with E-state index in [1.807, 2.05) is 19.9 Å². The van der Waals surface area contributed by atoms with Gasteiger partial charge < -0.3 is 5.32 Å². The number of hydrogen-bond donors (Lipinski definition) is 1. The number of aromatic nitrogens is 2. The molecule has 0 saturated carbocycles. The molecule has 5 nitrogen and oxygen atoms in total. The first-order chi connectivity index (χ1) is 7.55. The summed E-state index contributed by atoms with van der Waals surface area (Å²) < 4.78 is 1.71. The number of carbonyl (C=O) groups excluding carboxylic acids is 1. The Bertz CT molecular complexity index is 418. The van der Waals surface area contributed by atoms with Gasteiger partial charge in [0.15, 0.2) is 0 Å². The number of carbonyl (C=O) groups is 1. The van der Waals surface area contributed by atoms with Crippen LogP contribution in [0.4, 0.5) is 5.69 Å². The van der Waals surface area contributed by atoms with Gasteiger partial charge in [0, 0.05) is 12.7 Å². The van der Waals surface area contributed by atoms with Gasteiger partial charge in [-0.2, -0.15) is 10.4 Å². The summed E-state index contributed by atoms with van der Waals surface area (Å²) in [6.07, 6.45) is 3.80. The molecular weight excluding hydrogens is 204 g/mol. The van der Waals surface area contributed by atoms with Crippen LogP contribution in [0.25, 0.3) is 0 Å². The molecule has 0 radical (unpaired) electrons. The first kappa shape index (κ1) is 12.2. The van der Waals surface area contributed by atoms with Crippen molar-refractivity contribution in [3.63, 3.8) is 0 Å². The van der Waals surface area contributed by atoms with E-state index in [4.69, 9.17) is 5.26 Å². The topological polar surface area (TPSA) is 70.7 Å². The average molecular weight is 220 g/mol. The monoisotopic (exact) mass is 220 g/mol. The molecule has 1 aromatic heterocycles. The van der Waals surface area contributed by atoms with Gasteiger partial charge in [-0.15, -0.1) is 0 Å². The van der Waals surface area contributed by atoms with Crippen LogP contribution in [0.15, 0.2) is 12.4 Å². The van der Waals surface area contributed by atoms with E-state index >= 15 is 0 Å². The maximum atomic E-state index is 11.8. The summed E-state index contributed by atoms with van der Waals surface area (Å²) in [7, 11) is 0. The molecule has 0 aliphatic carbocycles. The predicted molar refractivity (Wildman–Crippen MR) is 60.5 cm³/mol. The second-order valence-corrected chi connectivity index (χ2v) is 3.84. The Balaban J connectivity index is 2.75. The largest absolute Gasteiger partial charge is 0.322 e. The fourth-order valence-electron chi connectivity index (χ4n) is 1.16. The van der Waals surface area contributed by atoms with E-state index in [0.29, 0.717) is 12.1 Å². The van der Waals surface area contributed by atoms with Crippen LogP contribution in [0.5, 0.6) is 0 Å². The number of rotatable bonds is 4. The molecule has 1 aromatic rings. The molecule has 1 unspecified atom stereocenters. The number of amides is 1. The molecule has 1 atom stereocenters. The molecule has 1 amide bonds. The summed E-state index contributed by atoms with van der Waals surface area (Å²) in [6.45, 7) is 6.16. The van der Waals surface area contributed by atoms with Crippen molar-refractivity contribution in [1.29, 1.82) is 5.26 Å². The van der Waals surface area contributed by atoms with E-state index in [0.717, 1.165) is 6.54 Å². The van der Waals surface area contributed by atoms with E-state index in [1.165, 1.54) is 0 Å². The van der Waals surface area contributed by atoms with Gasteiger partial charge in [-0.05, 0) is 20.3 Å². The van der Waals surface area contributed by atoms with Crippen molar-refractivity contribution in [3.05, 3.63) is 12.4 Å². The van der Waals surface area contributed by atoms with Crippen molar-refractivity contribution in [1.82, 2.24) is 9.78 Å². The van der Waals surface area contributed by atoms with Gasteiger partial charge >= 0.3 is 0 Å². The Hall–Kier alpha value is -1.83. The average Bonchev–Trinajstić information content (AvgIpc) is 2.75. The fraction of sp³-hybridized carbons (Fsp3) is 0.545. The third-order valence-corrected chi connectivity index (χ3v) is 2.67. The van der Waals surface area contributed by atoms with Gasteiger partial charge in [0.1, 0.15) is 5.41 Å². The van der Waals surface area contributed by atoms with E-state index in [1.54, 1.807) is 24.0 Å². The number of hydrogen-bond acceptors (Lipinski definition) is 3. The predicted octanol–water partition coefficient (Wildman–Crippen LogP) is 1.78. The molecule has 0 aliphatic rings. The second-order valence-electron chi connectivity index (χ2n) is 3.84. The highest BCUT2D eigenvalue weighted by Gasteiger charge is 2.31. The lowest BCUT2D eigenvalue weighted by molar-refractivity contribution is -0.122. The lowest BCUT2D eigenvalue weighted by Crippen LogP contribution is -2.31. The fourth-order valence-corrected chi connectivity index (χ4v) is 1.16. The second kappa shape index (κ2) is 4.79. The Labute approximate surface area is 95.1 Å². The molecule has 16 heavy (non-hydrogen) atoms. The smallest absolute Gasteiger partial charge is 0.244 e. The molecule has 0 bridgehead atoms. The summed E-state index contributed by atoms with van der Waals surface area (Å²) in [5.74, 6) is -0.284. The highest BCUT2D eigenvalue weighted by molar-refractivity contribution is 5.96. The molecule has 86 valence electrons. The summed E-state index contributed by atoms with van der Waals surface area (Å²) in [5, 5.41) is 15.7. The molecule has 1 N–H and O–H groups in total. The Kier molecular flexibility index (Phi) is 3.67. The number of nitrogens with zero attached hydrogens (tertiary/aromatic N) is 3. The van der Waals surface area contributed by atoms with Crippen molar-refractivity contribution in [2.45, 2.75) is 33.7 Å². The zero-order valence-corrected chi connectivity index (χ0v) is 9.82. The van der Waals surface area contributed by atoms with Crippen molar-refractivity contribution >= 4 is 11.6 Å². The Morgan fingerprint density at radius 3 is 2.81 bits per heavy atom.